The SMILES string of the molecule is CC(C)Oc1ccccc1NS(=O)(=O)CCOc1ccc(F)cc1. The van der Waals surface area contributed by atoms with E-state index in [2.05, 4.69) is 4.72 Å². The highest BCUT2D eigenvalue weighted by Crippen LogP contribution is 2.25. The summed E-state index contributed by atoms with van der Waals surface area (Å²) in [5.41, 5.74) is 0.382. The molecule has 0 spiro atoms. The van der Waals surface area contributed by atoms with Crippen LogP contribution in [-0.2, 0) is 10.0 Å². The van der Waals surface area contributed by atoms with E-state index in [-0.39, 0.29) is 24.3 Å². The fourth-order valence-corrected chi connectivity index (χ4v) is 2.83. The van der Waals surface area contributed by atoms with Crippen molar-refractivity contribution in [1.82, 2.24) is 0 Å². The second-order valence-electron chi connectivity index (χ2n) is 5.39. The first-order valence-corrected chi connectivity index (χ1v) is 9.15. The van der Waals surface area contributed by atoms with Crippen molar-refractivity contribution in [2.45, 2.75) is 20.0 Å². The van der Waals surface area contributed by atoms with Crippen molar-refractivity contribution in [1.29, 1.82) is 0 Å². The molecule has 0 aliphatic rings. The van der Waals surface area contributed by atoms with Gasteiger partial charge in [0.15, 0.2) is 0 Å². The Morgan fingerprint density at radius 3 is 2.42 bits per heavy atom. The van der Waals surface area contributed by atoms with Gasteiger partial charge in [0.25, 0.3) is 0 Å². The quantitative estimate of drug-likeness (QED) is 0.790. The molecule has 0 unspecified atom stereocenters. The average Bonchev–Trinajstić information content (AvgIpc) is 2.50. The van der Waals surface area contributed by atoms with E-state index in [4.69, 9.17) is 9.47 Å². The number of hydrogen-bond donors (Lipinski definition) is 1. The van der Waals surface area contributed by atoms with Crippen LogP contribution in [0.5, 0.6) is 11.5 Å². The molecular formula is C17H20FNO4S. The van der Waals surface area contributed by atoms with Gasteiger partial charge in [0.2, 0.25) is 10.0 Å². The highest BCUT2D eigenvalue weighted by Gasteiger charge is 2.14. The Labute approximate surface area is 141 Å². The molecule has 0 radical (unpaired) electrons. The van der Waals surface area contributed by atoms with E-state index in [0.29, 0.717) is 17.2 Å². The third-order valence-corrected chi connectivity index (χ3v) is 4.18. The van der Waals surface area contributed by atoms with Crippen molar-refractivity contribution in [3.05, 3.63) is 54.3 Å². The Bertz CT molecular complexity index is 760. The van der Waals surface area contributed by atoms with Crippen LogP contribution in [0.1, 0.15) is 13.8 Å². The number of sulfonamides is 1. The van der Waals surface area contributed by atoms with Gasteiger partial charge < -0.3 is 9.47 Å². The number of hydrogen-bond acceptors (Lipinski definition) is 4. The van der Waals surface area contributed by atoms with Gasteiger partial charge >= 0.3 is 0 Å². The summed E-state index contributed by atoms with van der Waals surface area (Å²) in [6.45, 7) is 3.68. The zero-order valence-electron chi connectivity index (χ0n) is 13.5. The molecule has 0 fully saturated rings. The number of nitrogens with one attached hydrogen (secondary N) is 1. The van der Waals surface area contributed by atoms with Crippen molar-refractivity contribution < 1.29 is 22.3 Å². The van der Waals surface area contributed by atoms with Gasteiger partial charge in [0.1, 0.15) is 29.7 Å². The summed E-state index contributed by atoms with van der Waals surface area (Å²) in [7, 11) is -3.60. The van der Waals surface area contributed by atoms with E-state index in [1.165, 1.54) is 24.3 Å². The molecule has 7 heteroatoms. The fraction of sp³-hybridized carbons (Fsp3) is 0.294. The van der Waals surface area contributed by atoms with Crippen LogP contribution in [0.15, 0.2) is 48.5 Å². The second kappa shape index (κ2) is 8.01. The van der Waals surface area contributed by atoms with Crippen LogP contribution in [0, 0.1) is 5.82 Å². The van der Waals surface area contributed by atoms with E-state index >= 15 is 0 Å². The van der Waals surface area contributed by atoms with Crippen LogP contribution in [0.2, 0.25) is 0 Å². The minimum atomic E-state index is -3.60. The standard InChI is InChI=1S/C17H20FNO4S/c1-13(2)23-17-6-4-3-5-16(17)19-24(20,21)12-11-22-15-9-7-14(18)8-10-15/h3-10,13,19H,11-12H2,1-2H3. The Kier molecular flexibility index (Phi) is 6.03. The summed E-state index contributed by atoms with van der Waals surface area (Å²) >= 11 is 0. The highest BCUT2D eigenvalue weighted by atomic mass is 32.2. The van der Waals surface area contributed by atoms with Crippen molar-refractivity contribution in [2.75, 3.05) is 17.1 Å². The van der Waals surface area contributed by atoms with Crippen LogP contribution in [0.3, 0.4) is 0 Å². The van der Waals surface area contributed by atoms with Crippen LogP contribution in [-0.4, -0.2) is 26.9 Å². The summed E-state index contributed by atoms with van der Waals surface area (Å²) < 4.78 is 50.5. The first-order valence-electron chi connectivity index (χ1n) is 7.50. The lowest BCUT2D eigenvalue weighted by atomic mass is 10.3. The number of anilines is 1. The minimum Gasteiger partial charge on any atom is -0.492 e. The number of rotatable bonds is 8. The zero-order valence-corrected chi connectivity index (χ0v) is 14.3. The maximum Gasteiger partial charge on any atom is 0.236 e. The molecule has 0 bridgehead atoms. The molecule has 1 N–H and O–H groups in total. The van der Waals surface area contributed by atoms with Crippen LogP contribution < -0.4 is 14.2 Å². The molecule has 130 valence electrons. The van der Waals surface area contributed by atoms with E-state index < -0.39 is 10.0 Å². The Hall–Kier alpha value is -2.28. The predicted octanol–water partition coefficient (Wildman–Crippen LogP) is 3.43. The van der Waals surface area contributed by atoms with Crippen molar-refractivity contribution >= 4 is 15.7 Å². The van der Waals surface area contributed by atoms with E-state index in [9.17, 15) is 12.8 Å². The highest BCUT2D eigenvalue weighted by molar-refractivity contribution is 7.92. The maximum atomic E-state index is 12.8. The van der Waals surface area contributed by atoms with Gasteiger partial charge in [0, 0.05) is 0 Å². The van der Waals surface area contributed by atoms with Crippen molar-refractivity contribution in [3.63, 3.8) is 0 Å². The summed E-state index contributed by atoms with van der Waals surface area (Å²) in [6.07, 6.45) is -0.0718. The van der Waals surface area contributed by atoms with Crippen LogP contribution >= 0.6 is 0 Å². The predicted molar refractivity (Wildman–Crippen MR) is 91.5 cm³/mol. The molecule has 2 rings (SSSR count). The van der Waals surface area contributed by atoms with Gasteiger partial charge in [-0.1, -0.05) is 12.1 Å². The number of ether oxygens (including phenoxy) is 2. The molecule has 24 heavy (non-hydrogen) atoms. The third-order valence-electron chi connectivity index (χ3n) is 2.95. The Morgan fingerprint density at radius 1 is 1.08 bits per heavy atom. The topological polar surface area (TPSA) is 64.6 Å². The molecule has 0 aliphatic carbocycles. The van der Waals surface area contributed by atoms with Gasteiger partial charge in [-0.05, 0) is 50.2 Å². The number of benzene rings is 2. The molecule has 0 saturated carbocycles. The minimum absolute atomic E-state index is 0.0475. The number of halogens is 1. The first-order chi connectivity index (χ1) is 11.4. The molecule has 0 heterocycles. The van der Waals surface area contributed by atoms with Crippen molar-refractivity contribution in [3.8, 4) is 11.5 Å². The molecule has 2 aromatic carbocycles. The Balaban J connectivity index is 1.95. The average molecular weight is 353 g/mol. The van der Waals surface area contributed by atoms with E-state index in [0.717, 1.165) is 0 Å². The van der Waals surface area contributed by atoms with Crippen molar-refractivity contribution in [2.24, 2.45) is 0 Å². The van der Waals surface area contributed by atoms with Gasteiger partial charge in [-0.25, -0.2) is 12.8 Å². The summed E-state index contributed by atoms with van der Waals surface area (Å²) in [5.74, 6) is 0.268. The normalized spacial score (nSPS) is 11.3. The van der Waals surface area contributed by atoms with E-state index in [1.807, 2.05) is 13.8 Å². The summed E-state index contributed by atoms with van der Waals surface area (Å²) in [4.78, 5) is 0. The Morgan fingerprint density at radius 2 is 1.75 bits per heavy atom. The lowest BCUT2D eigenvalue weighted by Gasteiger charge is -2.15. The number of para-hydroxylation sites is 2. The summed E-state index contributed by atoms with van der Waals surface area (Å²) in [6, 6.07) is 12.2. The third kappa shape index (κ3) is 5.73. The monoisotopic (exact) mass is 353 g/mol. The smallest absolute Gasteiger partial charge is 0.236 e. The lowest BCUT2D eigenvalue weighted by Crippen LogP contribution is -2.22. The van der Waals surface area contributed by atoms with Crippen LogP contribution in [0.4, 0.5) is 10.1 Å². The van der Waals surface area contributed by atoms with Crippen LogP contribution in [0.25, 0.3) is 0 Å². The zero-order chi connectivity index (χ0) is 17.6. The van der Waals surface area contributed by atoms with Gasteiger partial charge in [-0.2, -0.15) is 0 Å². The summed E-state index contributed by atoms with van der Waals surface area (Å²) in [5, 5.41) is 0. The van der Waals surface area contributed by atoms with E-state index in [1.54, 1.807) is 24.3 Å². The molecule has 0 aliphatic heterocycles. The fourth-order valence-electron chi connectivity index (χ4n) is 1.93. The van der Waals surface area contributed by atoms with Gasteiger partial charge in [-0.15, -0.1) is 0 Å². The van der Waals surface area contributed by atoms with Gasteiger partial charge in [0.05, 0.1) is 11.8 Å². The van der Waals surface area contributed by atoms with Gasteiger partial charge in [-0.3, -0.25) is 4.72 Å². The lowest BCUT2D eigenvalue weighted by molar-refractivity contribution is 0.244. The maximum absolute atomic E-state index is 12.8. The first kappa shape index (κ1) is 18.1. The molecule has 0 aromatic heterocycles. The second-order valence-corrected chi connectivity index (χ2v) is 7.23. The molecule has 2 aromatic rings. The molecule has 0 saturated heterocycles. The largest absolute Gasteiger partial charge is 0.492 e. The molecular weight excluding hydrogens is 333 g/mol. The molecule has 5 nitrogen and oxygen atoms in total. The molecule has 0 amide bonds. The molecule has 0 atom stereocenters.